The summed E-state index contributed by atoms with van der Waals surface area (Å²) in [7, 11) is 0. The number of rotatable bonds is 7. The molecule has 0 fully saturated rings. The van der Waals surface area contributed by atoms with Crippen molar-refractivity contribution in [3.05, 3.63) is 33.9 Å². The third kappa shape index (κ3) is 3.64. The van der Waals surface area contributed by atoms with Crippen LogP contribution in [-0.2, 0) is 0 Å². The number of nitriles is 1. The molecular weight excluding hydrogens is 274 g/mol. The summed E-state index contributed by atoms with van der Waals surface area (Å²) in [5.74, 6) is 0. The van der Waals surface area contributed by atoms with E-state index in [0.29, 0.717) is 17.8 Å². The molecule has 1 rings (SSSR count). The summed E-state index contributed by atoms with van der Waals surface area (Å²) >= 11 is 1.77. The van der Waals surface area contributed by atoms with Crippen LogP contribution in [0.25, 0.3) is 0 Å². The van der Waals surface area contributed by atoms with Crippen LogP contribution < -0.4 is 5.32 Å². The number of nitro groups is 1. The average Bonchev–Trinajstić information content (AvgIpc) is 2.49. The number of nitrogens with zero attached hydrogens (tertiary/aromatic N) is 2. The Labute approximate surface area is 123 Å². The molecule has 0 aliphatic carbocycles. The monoisotopic (exact) mass is 293 g/mol. The molecule has 1 N–H and O–H groups in total. The number of anilines is 1. The molecule has 6 heteroatoms. The summed E-state index contributed by atoms with van der Waals surface area (Å²) in [4.78, 5) is 10.6. The maximum Gasteiger partial charge on any atom is 0.293 e. The van der Waals surface area contributed by atoms with Gasteiger partial charge in [-0.3, -0.25) is 10.1 Å². The third-order valence-electron chi connectivity index (χ3n) is 3.65. The van der Waals surface area contributed by atoms with E-state index in [2.05, 4.69) is 25.4 Å². The number of benzene rings is 1. The fourth-order valence-corrected chi connectivity index (χ4v) is 2.81. The Balaban J connectivity index is 2.98. The molecular formula is C14H19N3O2S. The molecule has 0 heterocycles. The van der Waals surface area contributed by atoms with Crippen LogP contribution in [0.4, 0.5) is 11.4 Å². The Bertz CT molecular complexity index is 513. The quantitative estimate of drug-likeness (QED) is 0.611. The lowest BCUT2D eigenvalue weighted by Crippen LogP contribution is -2.32. The first kappa shape index (κ1) is 16.3. The largest absolute Gasteiger partial charge is 0.378 e. The van der Waals surface area contributed by atoms with E-state index in [1.807, 2.05) is 6.07 Å². The molecule has 0 aromatic heterocycles. The Morgan fingerprint density at radius 1 is 1.45 bits per heavy atom. The topological polar surface area (TPSA) is 79.0 Å². The Hall–Kier alpha value is -1.74. The molecule has 1 aromatic rings. The number of hydrogen-bond donors (Lipinski definition) is 1. The van der Waals surface area contributed by atoms with Crippen molar-refractivity contribution in [2.45, 2.75) is 31.4 Å². The zero-order chi connectivity index (χ0) is 15.2. The first-order valence-corrected chi connectivity index (χ1v) is 7.72. The van der Waals surface area contributed by atoms with E-state index in [1.54, 1.807) is 23.9 Å². The van der Waals surface area contributed by atoms with Gasteiger partial charge in [0.15, 0.2) is 0 Å². The zero-order valence-corrected chi connectivity index (χ0v) is 12.8. The van der Waals surface area contributed by atoms with Crippen molar-refractivity contribution < 1.29 is 4.92 Å². The standard InChI is InChI=1S/C14H19N3O2S/c1-4-14(5-2,20-3)10-16-12-7-6-11(9-15)8-13(12)17(18)19/h6-8,16H,4-5,10H2,1-3H3. The summed E-state index contributed by atoms with van der Waals surface area (Å²) < 4.78 is 0.0712. The minimum Gasteiger partial charge on any atom is -0.378 e. The van der Waals surface area contributed by atoms with E-state index in [9.17, 15) is 10.1 Å². The second kappa shape index (κ2) is 7.15. The Morgan fingerprint density at radius 3 is 2.55 bits per heavy atom. The molecule has 0 unspecified atom stereocenters. The van der Waals surface area contributed by atoms with Gasteiger partial charge in [0.05, 0.1) is 16.6 Å². The highest BCUT2D eigenvalue weighted by Gasteiger charge is 2.26. The molecule has 0 bridgehead atoms. The molecule has 1 aromatic carbocycles. The Morgan fingerprint density at radius 2 is 2.10 bits per heavy atom. The molecule has 0 aliphatic rings. The summed E-state index contributed by atoms with van der Waals surface area (Å²) in [6, 6.07) is 6.42. The fourth-order valence-electron chi connectivity index (χ4n) is 2.02. The van der Waals surface area contributed by atoms with Gasteiger partial charge in [0.25, 0.3) is 5.69 Å². The van der Waals surface area contributed by atoms with Crippen LogP contribution in [0.3, 0.4) is 0 Å². The molecule has 0 aliphatic heterocycles. The van der Waals surface area contributed by atoms with E-state index in [1.165, 1.54) is 6.07 Å². The average molecular weight is 293 g/mol. The molecule has 0 radical (unpaired) electrons. The normalized spacial score (nSPS) is 10.9. The van der Waals surface area contributed by atoms with Crippen LogP contribution in [0.2, 0.25) is 0 Å². The van der Waals surface area contributed by atoms with E-state index < -0.39 is 4.92 Å². The molecule has 0 amide bonds. The second-order valence-electron chi connectivity index (χ2n) is 4.55. The lowest BCUT2D eigenvalue weighted by atomic mass is 10.0. The van der Waals surface area contributed by atoms with Gasteiger partial charge < -0.3 is 5.32 Å². The lowest BCUT2D eigenvalue weighted by molar-refractivity contribution is -0.384. The highest BCUT2D eigenvalue weighted by atomic mass is 32.2. The molecule has 5 nitrogen and oxygen atoms in total. The fraction of sp³-hybridized carbons (Fsp3) is 0.500. The number of nitrogens with one attached hydrogen (secondary N) is 1. The lowest BCUT2D eigenvalue weighted by Gasteiger charge is -2.30. The van der Waals surface area contributed by atoms with Gasteiger partial charge in [-0.15, -0.1) is 0 Å². The minimum absolute atomic E-state index is 0.0498. The maximum absolute atomic E-state index is 11.1. The van der Waals surface area contributed by atoms with Crippen LogP contribution in [0.5, 0.6) is 0 Å². The second-order valence-corrected chi connectivity index (χ2v) is 5.82. The number of hydrogen-bond acceptors (Lipinski definition) is 5. The smallest absolute Gasteiger partial charge is 0.293 e. The van der Waals surface area contributed by atoms with Crippen LogP contribution in [0, 0.1) is 21.4 Å². The predicted octanol–water partition coefficient (Wildman–Crippen LogP) is 3.80. The molecule has 20 heavy (non-hydrogen) atoms. The highest BCUT2D eigenvalue weighted by molar-refractivity contribution is 8.00. The van der Waals surface area contributed by atoms with Crippen molar-refractivity contribution in [2.75, 3.05) is 18.1 Å². The van der Waals surface area contributed by atoms with Gasteiger partial charge in [-0.05, 0) is 31.2 Å². The van der Waals surface area contributed by atoms with Crippen LogP contribution in [-0.4, -0.2) is 22.5 Å². The molecule has 0 spiro atoms. The van der Waals surface area contributed by atoms with Crippen molar-refractivity contribution in [1.82, 2.24) is 0 Å². The molecule has 0 saturated heterocycles. The number of thioether (sulfide) groups is 1. The summed E-state index contributed by atoms with van der Waals surface area (Å²) in [6.07, 6.45) is 4.03. The van der Waals surface area contributed by atoms with Gasteiger partial charge in [0.2, 0.25) is 0 Å². The SMILES string of the molecule is CCC(CC)(CNc1ccc(C#N)cc1[N+](=O)[O-])SC. The minimum atomic E-state index is -0.457. The summed E-state index contributed by atoms with van der Waals surface area (Å²) in [5.41, 5.74) is 0.713. The first-order valence-electron chi connectivity index (χ1n) is 6.49. The van der Waals surface area contributed by atoms with Gasteiger partial charge in [0, 0.05) is 17.4 Å². The van der Waals surface area contributed by atoms with Crippen molar-refractivity contribution in [2.24, 2.45) is 0 Å². The van der Waals surface area contributed by atoms with Gasteiger partial charge in [-0.2, -0.15) is 17.0 Å². The summed E-state index contributed by atoms with van der Waals surface area (Å²) in [6.45, 7) is 4.90. The Kier molecular flexibility index (Phi) is 5.83. The van der Waals surface area contributed by atoms with Crippen molar-refractivity contribution in [3.8, 4) is 6.07 Å². The van der Waals surface area contributed by atoms with E-state index in [-0.39, 0.29) is 10.4 Å². The van der Waals surface area contributed by atoms with Crippen molar-refractivity contribution >= 4 is 23.1 Å². The van der Waals surface area contributed by atoms with Crippen LogP contribution in [0.15, 0.2) is 18.2 Å². The van der Waals surface area contributed by atoms with E-state index in [0.717, 1.165) is 12.8 Å². The predicted molar refractivity (Wildman–Crippen MR) is 83.1 cm³/mol. The van der Waals surface area contributed by atoms with E-state index >= 15 is 0 Å². The number of nitro benzene ring substituents is 1. The van der Waals surface area contributed by atoms with Gasteiger partial charge in [-0.1, -0.05) is 13.8 Å². The highest BCUT2D eigenvalue weighted by Crippen LogP contribution is 2.32. The molecule has 108 valence electrons. The van der Waals surface area contributed by atoms with Crippen LogP contribution in [0.1, 0.15) is 32.3 Å². The third-order valence-corrected chi connectivity index (χ3v) is 5.23. The van der Waals surface area contributed by atoms with E-state index in [4.69, 9.17) is 5.26 Å². The summed E-state index contributed by atoms with van der Waals surface area (Å²) in [5, 5.41) is 23.1. The first-order chi connectivity index (χ1) is 9.51. The van der Waals surface area contributed by atoms with Crippen molar-refractivity contribution in [3.63, 3.8) is 0 Å². The van der Waals surface area contributed by atoms with Gasteiger partial charge in [0.1, 0.15) is 5.69 Å². The van der Waals surface area contributed by atoms with Crippen LogP contribution >= 0.6 is 11.8 Å². The molecule has 0 atom stereocenters. The molecule has 0 saturated carbocycles. The van der Waals surface area contributed by atoms with Crippen molar-refractivity contribution in [1.29, 1.82) is 5.26 Å². The van der Waals surface area contributed by atoms with Gasteiger partial charge in [-0.25, -0.2) is 0 Å². The maximum atomic E-state index is 11.1. The zero-order valence-electron chi connectivity index (χ0n) is 12.0. The van der Waals surface area contributed by atoms with Gasteiger partial charge >= 0.3 is 0 Å².